The molecule has 1 aromatic rings. The fraction of sp³-hybridized carbons (Fsp3) is 0.562. The van der Waals surface area contributed by atoms with E-state index in [4.69, 9.17) is 14.2 Å². The predicted octanol–water partition coefficient (Wildman–Crippen LogP) is 2.41. The number of methoxy groups -OCH3 is 3. The van der Waals surface area contributed by atoms with E-state index >= 15 is 0 Å². The third-order valence-electron chi connectivity index (χ3n) is 3.05. The highest BCUT2D eigenvalue weighted by atomic mass is 127. The zero-order valence-electron chi connectivity index (χ0n) is 14.3. The zero-order chi connectivity index (χ0) is 16.2. The first-order chi connectivity index (χ1) is 10.8. The summed E-state index contributed by atoms with van der Waals surface area (Å²) in [5, 5.41) is 6.50. The van der Waals surface area contributed by atoms with Gasteiger partial charge in [-0.05, 0) is 19.4 Å². The first-order valence-electron chi connectivity index (χ1n) is 7.47. The van der Waals surface area contributed by atoms with Crippen molar-refractivity contribution in [1.82, 2.24) is 10.6 Å². The van der Waals surface area contributed by atoms with Crippen molar-refractivity contribution in [1.29, 1.82) is 0 Å². The van der Waals surface area contributed by atoms with E-state index in [1.807, 2.05) is 25.1 Å². The molecule has 0 spiro atoms. The number of halogens is 1. The SMILES string of the molecule is CCNC(=NCc1cccc(OC)c1OC)NCCCOC.I. The van der Waals surface area contributed by atoms with E-state index in [1.54, 1.807) is 21.3 Å². The lowest BCUT2D eigenvalue weighted by atomic mass is 10.2. The van der Waals surface area contributed by atoms with Crippen molar-refractivity contribution in [3.05, 3.63) is 23.8 Å². The van der Waals surface area contributed by atoms with E-state index in [2.05, 4.69) is 15.6 Å². The van der Waals surface area contributed by atoms with Crippen LogP contribution >= 0.6 is 24.0 Å². The molecule has 0 amide bonds. The van der Waals surface area contributed by atoms with E-state index in [0.29, 0.717) is 12.3 Å². The molecule has 6 nitrogen and oxygen atoms in total. The Morgan fingerprint density at radius 1 is 1.13 bits per heavy atom. The molecule has 1 rings (SSSR count). The molecule has 0 saturated heterocycles. The maximum Gasteiger partial charge on any atom is 0.191 e. The number of nitrogens with zero attached hydrogens (tertiary/aromatic N) is 1. The van der Waals surface area contributed by atoms with Crippen molar-refractivity contribution < 1.29 is 14.2 Å². The number of benzene rings is 1. The number of hydrogen-bond donors (Lipinski definition) is 2. The largest absolute Gasteiger partial charge is 0.493 e. The molecule has 132 valence electrons. The number of guanidine groups is 1. The van der Waals surface area contributed by atoms with Gasteiger partial charge in [-0.15, -0.1) is 24.0 Å². The lowest BCUT2D eigenvalue weighted by Crippen LogP contribution is -2.38. The van der Waals surface area contributed by atoms with Gasteiger partial charge in [0.25, 0.3) is 0 Å². The van der Waals surface area contributed by atoms with Crippen LogP contribution in [0.5, 0.6) is 11.5 Å². The predicted molar refractivity (Wildman–Crippen MR) is 104 cm³/mol. The molecule has 0 aliphatic rings. The quantitative estimate of drug-likeness (QED) is 0.269. The van der Waals surface area contributed by atoms with Gasteiger partial charge in [-0.25, -0.2) is 4.99 Å². The van der Waals surface area contributed by atoms with Gasteiger partial charge in [0.05, 0.1) is 20.8 Å². The molecular weight excluding hydrogens is 409 g/mol. The number of hydrogen-bond acceptors (Lipinski definition) is 4. The highest BCUT2D eigenvalue weighted by Gasteiger charge is 2.09. The Labute approximate surface area is 156 Å². The van der Waals surface area contributed by atoms with Crippen LogP contribution in [0.2, 0.25) is 0 Å². The Hall–Kier alpha value is -1.22. The van der Waals surface area contributed by atoms with E-state index in [1.165, 1.54) is 0 Å². The van der Waals surface area contributed by atoms with Crippen LogP contribution in [-0.4, -0.2) is 47.0 Å². The fourth-order valence-electron chi connectivity index (χ4n) is 2.01. The third kappa shape index (κ3) is 7.74. The third-order valence-corrected chi connectivity index (χ3v) is 3.05. The van der Waals surface area contributed by atoms with Crippen LogP contribution in [0.3, 0.4) is 0 Å². The van der Waals surface area contributed by atoms with Gasteiger partial charge in [0, 0.05) is 32.4 Å². The van der Waals surface area contributed by atoms with Gasteiger partial charge < -0.3 is 24.8 Å². The molecular formula is C16H28IN3O3. The molecule has 0 unspecified atom stereocenters. The van der Waals surface area contributed by atoms with Crippen LogP contribution in [0, 0.1) is 0 Å². The summed E-state index contributed by atoms with van der Waals surface area (Å²) in [6, 6.07) is 5.80. The number of aliphatic imine (C=N–C) groups is 1. The van der Waals surface area contributed by atoms with Crippen molar-refractivity contribution in [3.8, 4) is 11.5 Å². The minimum absolute atomic E-state index is 0. The second-order valence-corrected chi connectivity index (χ2v) is 4.62. The average molecular weight is 437 g/mol. The van der Waals surface area contributed by atoms with Gasteiger partial charge in [-0.3, -0.25) is 0 Å². The highest BCUT2D eigenvalue weighted by molar-refractivity contribution is 14.0. The van der Waals surface area contributed by atoms with Crippen molar-refractivity contribution in [2.45, 2.75) is 19.9 Å². The Morgan fingerprint density at radius 2 is 1.91 bits per heavy atom. The normalized spacial score (nSPS) is 10.7. The number of rotatable bonds is 9. The van der Waals surface area contributed by atoms with Crippen molar-refractivity contribution in [2.75, 3.05) is 41.0 Å². The molecule has 0 atom stereocenters. The Morgan fingerprint density at radius 3 is 2.52 bits per heavy atom. The minimum Gasteiger partial charge on any atom is -0.493 e. The van der Waals surface area contributed by atoms with Crippen molar-refractivity contribution >= 4 is 29.9 Å². The highest BCUT2D eigenvalue weighted by Crippen LogP contribution is 2.30. The zero-order valence-corrected chi connectivity index (χ0v) is 16.7. The van der Waals surface area contributed by atoms with E-state index in [-0.39, 0.29) is 24.0 Å². The first-order valence-corrected chi connectivity index (χ1v) is 7.47. The molecule has 23 heavy (non-hydrogen) atoms. The number of para-hydroxylation sites is 1. The van der Waals surface area contributed by atoms with Gasteiger partial charge in [0.2, 0.25) is 0 Å². The Balaban J connectivity index is 0.00000484. The maximum absolute atomic E-state index is 5.42. The second-order valence-electron chi connectivity index (χ2n) is 4.62. The second kappa shape index (κ2) is 13.2. The van der Waals surface area contributed by atoms with Crippen LogP contribution in [0.15, 0.2) is 23.2 Å². The molecule has 0 bridgehead atoms. The summed E-state index contributed by atoms with van der Waals surface area (Å²) in [5.74, 6) is 2.22. The smallest absolute Gasteiger partial charge is 0.191 e. The van der Waals surface area contributed by atoms with E-state index < -0.39 is 0 Å². The molecule has 1 aromatic carbocycles. The van der Waals surface area contributed by atoms with Gasteiger partial charge in [-0.1, -0.05) is 12.1 Å². The van der Waals surface area contributed by atoms with Gasteiger partial charge in [-0.2, -0.15) is 0 Å². The molecule has 0 heterocycles. The van der Waals surface area contributed by atoms with E-state index in [9.17, 15) is 0 Å². The van der Waals surface area contributed by atoms with Gasteiger partial charge in [0.1, 0.15) is 0 Å². The standard InChI is InChI=1S/C16H27N3O3.HI/c1-5-17-16(18-10-7-11-20-2)19-12-13-8-6-9-14(21-3)15(13)22-4;/h6,8-9H,5,7,10-12H2,1-4H3,(H2,17,18,19);1H. The van der Waals surface area contributed by atoms with Gasteiger partial charge in [0.15, 0.2) is 17.5 Å². The summed E-state index contributed by atoms with van der Waals surface area (Å²) in [6.07, 6.45) is 0.934. The molecule has 0 radical (unpaired) electrons. The van der Waals surface area contributed by atoms with Crippen LogP contribution in [0.1, 0.15) is 18.9 Å². The topological polar surface area (TPSA) is 64.1 Å². The number of nitrogens with one attached hydrogen (secondary N) is 2. The average Bonchev–Trinajstić information content (AvgIpc) is 2.55. The summed E-state index contributed by atoms with van der Waals surface area (Å²) in [4.78, 5) is 4.58. The van der Waals surface area contributed by atoms with Crippen LogP contribution in [0.25, 0.3) is 0 Å². The first kappa shape index (κ1) is 21.8. The monoisotopic (exact) mass is 437 g/mol. The summed E-state index contributed by atoms with van der Waals surface area (Å²) in [6.45, 7) is 4.91. The summed E-state index contributed by atoms with van der Waals surface area (Å²) < 4.78 is 15.8. The molecule has 7 heteroatoms. The maximum atomic E-state index is 5.42. The minimum atomic E-state index is 0. The van der Waals surface area contributed by atoms with Crippen LogP contribution < -0.4 is 20.1 Å². The molecule has 0 saturated carbocycles. The summed E-state index contributed by atoms with van der Waals surface area (Å²) in [7, 11) is 4.97. The van der Waals surface area contributed by atoms with Crippen molar-refractivity contribution in [3.63, 3.8) is 0 Å². The van der Waals surface area contributed by atoms with Crippen LogP contribution in [0.4, 0.5) is 0 Å². The Kier molecular flexibility index (Phi) is 12.5. The van der Waals surface area contributed by atoms with E-state index in [0.717, 1.165) is 43.4 Å². The lowest BCUT2D eigenvalue weighted by Gasteiger charge is -2.13. The molecule has 0 fully saturated rings. The fourth-order valence-corrected chi connectivity index (χ4v) is 2.01. The van der Waals surface area contributed by atoms with Gasteiger partial charge >= 0.3 is 0 Å². The number of ether oxygens (including phenoxy) is 3. The molecule has 0 aliphatic heterocycles. The van der Waals surface area contributed by atoms with Crippen LogP contribution in [-0.2, 0) is 11.3 Å². The molecule has 2 N–H and O–H groups in total. The lowest BCUT2D eigenvalue weighted by molar-refractivity contribution is 0.195. The Bertz CT molecular complexity index is 470. The molecule has 0 aliphatic carbocycles. The molecule has 0 aromatic heterocycles. The summed E-state index contributed by atoms with van der Waals surface area (Å²) >= 11 is 0. The van der Waals surface area contributed by atoms with Crippen molar-refractivity contribution in [2.24, 2.45) is 4.99 Å². The summed E-state index contributed by atoms with van der Waals surface area (Å²) in [5.41, 5.74) is 0.982.